The van der Waals surface area contributed by atoms with Crippen LogP contribution in [0.4, 0.5) is 0 Å². The SMILES string of the molecule is CC(NC(=O)C1(c2ccc(Cl)cc2)CCCC1)C(C)C(=O)O. The highest BCUT2D eigenvalue weighted by atomic mass is 35.5. The Bertz CT molecular complexity index is 550. The van der Waals surface area contributed by atoms with E-state index in [1.807, 2.05) is 12.1 Å². The molecule has 120 valence electrons. The quantitative estimate of drug-likeness (QED) is 0.873. The molecule has 1 aliphatic carbocycles. The van der Waals surface area contributed by atoms with Crippen molar-refractivity contribution in [3.63, 3.8) is 0 Å². The third kappa shape index (κ3) is 3.27. The van der Waals surface area contributed by atoms with E-state index in [1.54, 1.807) is 26.0 Å². The maximum Gasteiger partial charge on any atom is 0.308 e. The minimum absolute atomic E-state index is 0.0760. The van der Waals surface area contributed by atoms with Crippen LogP contribution in [0, 0.1) is 5.92 Å². The lowest BCUT2D eigenvalue weighted by molar-refractivity contribution is -0.142. The zero-order valence-electron chi connectivity index (χ0n) is 12.9. The number of carbonyl (C=O) groups excluding carboxylic acids is 1. The zero-order valence-corrected chi connectivity index (χ0v) is 13.7. The number of amides is 1. The van der Waals surface area contributed by atoms with E-state index >= 15 is 0 Å². The molecule has 0 aliphatic heterocycles. The zero-order chi connectivity index (χ0) is 16.3. The highest BCUT2D eigenvalue weighted by Crippen LogP contribution is 2.41. The molecule has 0 radical (unpaired) electrons. The van der Waals surface area contributed by atoms with Crippen LogP contribution in [-0.4, -0.2) is 23.0 Å². The van der Waals surface area contributed by atoms with Gasteiger partial charge in [0.15, 0.2) is 0 Å². The summed E-state index contributed by atoms with van der Waals surface area (Å²) >= 11 is 5.94. The number of carbonyl (C=O) groups is 2. The summed E-state index contributed by atoms with van der Waals surface area (Å²) in [6.45, 7) is 3.35. The van der Waals surface area contributed by atoms with Gasteiger partial charge >= 0.3 is 5.97 Å². The average Bonchev–Trinajstić information content (AvgIpc) is 2.97. The highest BCUT2D eigenvalue weighted by molar-refractivity contribution is 6.30. The number of halogens is 1. The maximum atomic E-state index is 12.9. The van der Waals surface area contributed by atoms with Gasteiger partial charge in [0.1, 0.15) is 0 Å². The maximum absolute atomic E-state index is 12.9. The molecule has 0 heterocycles. The van der Waals surface area contributed by atoms with Crippen LogP contribution in [0.3, 0.4) is 0 Å². The predicted molar refractivity (Wildman–Crippen MR) is 86.0 cm³/mol. The Morgan fingerprint density at radius 1 is 1.18 bits per heavy atom. The van der Waals surface area contributed by atoms with E-state index in [4.69, 9.17) is 16.7 Å². The number of hydrogen-bond donors (Lipinski definition) is 2. The van der Waals surface area contributed by atoms with Crippen LogP contribution < -0.4 is 5.32 Å². The van der Waals surface area contributed by atoms with E-state index in [-0.39, 0.29) is 5.91 Å². The Kier molecular flexibility index (Phi) is 5.12. The van der Waals surface area contributed by atoms with Gasteiger partial charge in [0.05, 0.1) is 11.3 Å². The molecule has 0 spiro atoms. The number of benzene rings is 1. The molecule has 4 nitrogen and oxygen atoms in total. The first-order valence-corrected chi connectivity index (χ1v) is 8.04. The first-order chi connectivity index (χ1) is 10.4. The minimum Gasteiger partial charge on any atom is -0.481 e. The van der Waals surface area contributed by atoms with Crippen LogP contribution in [0.5, 0.6) is 0 Å². The summed E-state index contributed by atoms with van der Waals surface area (Å²) < 4.78 is 0. The van der Waals surface area contributed by atoms with Crippen LogP contribution in [0.25, 0.3) is 0 Å². The molecule has 1 amide bonds. The largest absolute Gasteiger partial charge is 0.481 e. The normalized spacial score (nSPS) is 19.4. The van der Waals surface area contributed by atoms with Gasteiger partial charge in [0.25, 0.3) is 0 Å². The van der Waals surface area contributed by atoms with Crippen LogP contribution in [0.2, 0.25) is 5.02 Å². The Labute approximate surface area is 135 Å². The minimum atomic E-state index is -0.903. The molecule has 5 heteroatoms. The summed E-state index contributed by atoms with van der Waals surface area (Å²) in [5, 5.41) is 12.6. The van der Waals surface area contributed by atoms with Crippen LogP contribution in [0.15, 0.2) is 24.3 Å². The summed E-state index contributed by atoms with van der Waals surface area (Å²) in [4.78, 5) is 23.9. The molecule has 22 heavy (non-hydrogen) atoms. The molecule has 0 bridgehead atoms. The predicted octanol–water partition coefficient (Wildman–Crippen LogP) is 3.38. The number of hydrogen-bond acceptors (Lipinski definition) is 2. The monoisotopic (exact) mass is 323 g/mol. The smallest absolute Gasteiger partial charge is 0.308 e. The topological polar surface area (TPSA) is 66.4 Å². The molecule has 1 aromatic carbocycles. The third-order valence-corrected chi connectivity index (χ3v) is 5.04. The lowest BCUT2D eigenvalue weighted by Crippen LogP contribution is -2.49. The molecule has 2 unspecified atom stereocenters. The molecule has 2 N–H and O–H groups in total. The molecule has 0 aromatic heterocycles. The first-order valence-electron chi connectivity index (χ1n) is 7.66. The second-order valence-electron chi connectivity index (χ2n) is 6.19. The van der Waals surface area contributed by atoms with Gasteiger partial charge in [-0.15, -0.1) is 0 Å². The van der Waals surface area contributed by atoms with Crippen LogP contribution in [-0.2, 0) is 15.0 Å². The molecule has 2 rings (SSSR count). The Hall–Kier alpha value is -1.55. The van der Waals surface area contributed by atoms with Gasteiger partial charge in [0.2, 0.25) is 5.91 Å². The van der Waals surface area contributed by atoms with E-state index in [2.05, 4.69) is 5.32 Å². The van der Waals surface area contributed by atoms with E-state index in [0.29, 0.717) is 5.02 Å². The lowest BCUT2D eigenvalue weighted by atomic mass is 9.77. The van der Waals surface area contributed by atoms with Crippen molar-refractivity contribution in [1.29, 1.82) is 0 Å². The van der Waals surface area contributed by atoms with E-state index in [1.165, 1.54) is 0 Å². The van der Waals surface area contributed by atoms with Crippen LogP contribution >= 0.6 is 11.6 Å². The Morgan fingerprint density at radius 3 is 2.23 bits per heavy atom. The van der Waals surface area contributed by atoms with Gasteiger partial charge in [-0.25, -0.2) is 0 Å². The number of rotatable bonds is 5. The molecular formula is C17H22ClNO3. The fraction of sp³-hybridized carbons (Fsp3) is 0.529. The van der Waals surface area contributed by atoms with Gasteiger partial charge in [-0.3, -0.25) is 9.59 Å². The summed E-state index contributed by atoms with van der Waals surface area (Å²) in [7, 11) is 0. The number of carboxylic acids is 1. The molecule has 1 fully saturated rings. The summed E-state index contributed by atoms with van der Waals surface area (Å²) in [5.74, 6) is -1.60. The second kappa shape index (κ2) is 6.69. The van der Waals surface area contributed by atoms with Gasteiger partial charge in [0, 0.05) is 11.1 Å². The van der Waals surface area contributed by atoms with Crippen molar-refractivity contribution >= 4 is 23.5 Å². The van der Waals surface area contributed by atoms with Gasteiger partial charge in [-0.2, -0.15) is 0 Å². The van der Waals surface area contributed by atoms with Crippen molar-refractivity contribution in [3.05, 3.63) is 34.9 Å². The van der Waals surface area contributed by atoms with Crippen molar-refractivity contribution < 1.29 is 14.7 Å². The number of aliphatic carboxylic acids is 1. The molecule has 2 atom stereocenters. The number of nitrogens with one attached hydrogen (secondary N) is 1. The second-order valence-corrected chi connectivity index (χ2v) is 6.62. The van der Waals surface area contributed by atoms with Crippen molar-refractivity contribution in [3.8, 4) is 0 Å². The van der Waals surface area contributed by atoms with Crippen molar-refractivity contribution in [2.45, 2.75) is 51.0 Å². The van der Waals surface area contributed by atoms with Gasteiger partial charge < -0.3 is 10.4 Å². The summed E-state index contributed by atoms with van der Waals surface area (Å²) in [6, 6.07) is 6.99. The molecule has 1 saturated carbocycles. The van der Waals surface area contributed by atoms with E-state index < -0.39 is 23.3 Å². The Morgan fingerprint density at radius 2 is 1.73 bits per heavy atom. The lowest BCUT2D eigenvalue weighted by Gasteiger charge is -2.31. The van der Waals surface area contributed by atoms with E-state index in [0.717, 1.165) is 31.2 Å². The fourth-order valence-electron chi connectivity index (χ4n) is 3.08. The standard InChI is InChI=1S/C17H22ClNO3/c1-11(15(20)21)12(2)19-16(22)17(9-3-4-10-17)13-5-7-14(18)8-6-13/h5-8,11-12H,3-4,9-10H2,1-2H3,(H,19,22)(H,20,21). The Balaban J connectivity index is 2.22. The fourth-order valence-corrected chi connectivity index (χ4v) is 3.20. The van der Waals surface area contributed by atoms with E-state index in [9.17, 15) is 9.59 Å². The van der Waals surface area contributed by atoms with Gasteiger partial charge in [-0.1, -0.05) is 36.6 Å². The molecule has 1 aliphatic rings. The van der Waals surface area contributed by atoms with Crippen molar-refractivity contribution in [2.75, 3.05) is 0 Å². The molecule has 0 saturated heterocycles. The molecule has 1 aromatic rings. The summed E-state index contributed by atoms with van der Waals surface area (Å²) in [6.07, 6.45) is 3.57. The van der Waals surface area contributed by atoms with Crippen molar-refractivity contribution in [2.24, 2.45) is 5.92 Å². The summed E-state index contributed by atoms with van der Waals surface area (Å²) in [5.41, 5.74) is 0.402. The average molecular weight is 324 g/mol. The third-order valence-electron chi connectivity index (χ3n) is 4.79. The highest BCUT2D eigenvalue weighted by Gasteiger charge is 2.43. The van der Waals surface area contributed by atoms with Gasteiger partial charge in [-0.05, 0) is 44.4 Å². The molecular weight excluding hydrogens is 302 g/mol. The van der Waals surface area contributed by atoms with Crippen LogP contribution in [0.1, 0.15) is 45.1 Å². The van der Waals surface area contributed by atoms with Crippen molar-refractivity contribution in [1.82, 2.24) is 5.32 Å². The number of carboxylic acid groups (broad SMARTS) is 1. The first kappa shape index (κ1) is 16.8.